The maximum Gasteiger partial charge on any atom is 0.317 e. The Kier molecular flexibility index (Phi) is 4.10. The van der Waals surface area contributed by atoms with E-state index in [0.717, 1.165) is 0 Å². The Morgan fingerprint density at radius 3 is 2.60 bits per heavy atom. The number of carboxylic acid groups (broad SMARTS) is 1. The van der Waals surface area contributed by atoms with Crippen LogP contribution in [0.15, 0.2) is 24.3 Å². The van der Waals surface area contributed by atoms with Crippen molar-refractivity contribution in [2.24, 2.45) is 0 Å². The molecule has 0 radical (unpaired) electrons. The number of aliphatic carboxylic acids is 1. The third kappa shape index (κ3) is 3.58. The second-order valence-electron chi connectivity index (χ2n) is 2.89. The largest absolute Gasteiger partial charge is 0.480 e. The monoisotopic (exact) mass is 224 g/mol. The molecule has 5 heteroatoms. The summed E-state index contributed by atoms with van der Waals surface area (Å²) < 4.78 is 0. The number of nitrogens with zero attached hydrogens (tertiary/aromatic N) is 1. The quantitative estimate of drug-likeness (QED) is 0.815. The van der Waals surface area contributed by atoms with E-state index in [9.17, 15) is 4.79 Å². The van der Waals surface area contributed by atoms with Crippen molar-refractivity contribution in [2.75, 3.05) is 6.54 Å². The van der Waals surface area contributed by atoms with Crippen molar-refractivity contribution in [2.45, 2.75) is 6.04 Å². The minimum absolute atomic E-state index is 0.249. The molecular formula is C10H9ClN2O2. The molecule has 0 aromatic heterocycles. The van der Waals surface area contributed by atoms with E-state index in [1.807, 2.05) is 6.07 Å². The fraction of sp³-hybridized carbons (Fsp3) is 0.200. The lowest BCUT2D eigenvalue weighted by molar-refractivity contribution is -0.136. The van der Waals surface area contributed by atoms with E-state index in [4.69, 9.17) is 22.0 Å². The molecule has 0 saturated carbocycles. The van der Waals surface area contributed by atoms with Crippen molar-refractivity contribution in [1.82, 2.24) is 5.32 Å². The van der Waals surface area contributed by atoms with Crippen LogP contribution in [-0.2, 0) is 4.79 Å². The molecule has 4 nitrogen and oxygen atoms in total. The Balaban J connectivity index is 2.71. The van der Waals surface area contributed by atoms with E-state index in [2.05, 4.69) is 5.32 Å². The van der Waals surface area contributed by atoms with Crippen molar-refractivity contribution in [3.8, 4) is 6.07 Å². The van der Waals surface area contributed by atoms with Gasteiger partial charge in [0, 0.05) is 5.02 Å². The molecule has 1 atom stereocenters. The van der Waals surface area contributed by atoms with Gasteiger partial charge in [-0.1, -0.05) is 23.7 Å². The maximum atomic E-state index is 10.3. The third-order valence-electron chi connectivity index (χ3n) is 1.79. The first-order chi connectivity index (χ1) is 7.13. The topological polar surface area (TPSA) is 73.1 Å². The first-order valence-electron chi connectivity index (χ1n) is 4.23. The van der Waals surface area contributed by atoms with Crippen LogP contribution in [0.3, 0.4) is 0 Å². The summed E-state index contributed by atoms with van der Waals surface area (Å²) in [5, 5.41) is 20.5. The van der Waals surface area contributed by atoms with Gasteiger partial charge in [-0.2, -0.15) is 5.26 Å². The van der Waals surface area contributed by atoms with Gasteiger partial charge in [0.2, 0.25) is 0 Å². The second-order valence-corrected chi connectivity index (χ2v) is 3.32. The summed E-state index contributed by atoms with van der Waals surface area (Å²) in [5.41, 5.74) is 0.697. The van der Waals surface area contributed by atoms with Crippen LogP contribution in [-0.4, -0.2) is 17.6 Å². The molecule has 0 aliphatic carbocycles. The molecule has 15 heavy (non-hydrogen) atoms. The van der Waals surface area contributed by atoms with Crippen LogP contribution >= 0.6 is 11.6 Å². The van der Waals surface area contributed by atoms with Crippen LogP contribution in [0.25, 0.3) is 0 Å². The fourth-order valence-corrected chi connectivity index (χ4v) is 1.21. The van der Waals surface area contributed by atoms with Gasteiger partial charge in [0.05, 0.1) is 12.6 Å². The number of nitrogens with one attached hydrogen (secondary N) is 1. The zero-order chi connectivity index (χ0) is 11.3. The van der Waals surface area contributed by atoms with Gasteiger partial charge in [-0.05, 0) is 17.7 Å². The maximum absolute atomic E-state index is 10.3. The molecule has 0 bridgehead atoms. The van der Waals surface area contributed by atoms with E-state index < -0.39 is 12.0 Å². The predicted molar refractivity (Wildman–Crippen MR) is 55.4 cm³/mol. The molecule has 1 aromatic carbocycles. The molecule has 0 aliphatic heterocycles. The lowest BCUT2D eigenvalue weighted by atomic mass is 10.1. The van der Waals surface area contributed by atoms with Crippen molar-refractivity contribution in [3.05, 3.63) is 34.9 Å². The number of carbonyl (C=O) groups is 1. The summed E-state index contributed by atoms with van der Waals surface area (Å²) >= 11 is 5.69. The van der Waals surface area contributed by atoms with Crippen LogP contribution in [0.5, 0.6) is 0 Å². The van der Waals surface area contributed by atoms with Crippen LogP contribution in [0.4, 0.5) is 0 Å². The molecule has 0 aliphatic rings. The van der Waals surface area contributed by atoms with Crippen molar-refractivity contribution in [1.29, 1.82) is 5.26 Å². The Labute approximate surface area is 92.1 Å². The number of hydrogen-bond donors (Lipinski definition) is 2. The van der Waals surface area contributed by atoms with Gasteiger partial charge in [-0.15, -0.1) is 0 Å². The molecule has 0 amide bonds. The highest BCUT2D eigenvalue weighted by Crippen LogP contribution is 2.15. The van der Waals surface area contributed by atoms with Gasteiger partial charge < -0.3 is 5.11 Å². The lowest BCUT2D eigenvalue weighted by Crippen LogP contribution is -2.26. The fourth-order valence-electron chi connectivity index (χ4n) is 1.08. The van der Waals surface area contributed by atoms with Gasteiger partial charge in [0.15, 0.2) is 0 Å². The van der Waals surface area contributed by atoms with E-state index in [1.165, 1.54) is 0 Å². The third-order valence-corrected chi connectivity index (χ3v) is 2.04. The average Bonchev–Trinajstić information content (AvgIpc) is 2.21. The molecule has 0 saturated heterocycles. The lowest BCUT2D eigenvalue weighted by Gasteiger charge is -2.09. The zero-order valence-corrected chi connectivity index (χ0v) is 8.53. The highest BCUT2D eigenvalue weighted by atomic mass is 35.5. The first kappa shape index (κ1) is 11.5. The van der Waals surface area contributed by atoms with Crippen LogP contribution in [0, 0.1) is 11.3 Å². The molecule has 78 valence electrons. The molecular weight excluding hydrogens is 216 g/mol. The molecule has 1 unspecified atom stereocenters. The van der Waals surface area contributed by atoms with Gasteiger partial charge in [0.25, 0.3) is 0 Å². The standard InChI is InChI=1S/C10H9ClN2O2/c11-8-3-1-7(2-4-8)9(5-12)13-6-10(14)15/h1-4,9,13H,6H2,(H,14,15). The summed E-state index contributed by atoms with van der Waals surface area (Å²) in [6.45, 7) is -0.249. The highest BCUT2D eigenvalue weighted by molar-refractivity contribution is 6.30. The molecule has 0 spiro atoms. The Morgan fingerprint density at radius 1 is 1.53 bits per heavy atom. The first-order valence-corrected chi connectivity index (χ1v) is 4.61. The summed E-state index contributed by atoms with van der Waals surface area (Å²) in [7, 11) is 0. The summed E-state index contributed by atoms with van der Waals surface area (Å²) in [4.78, 5) is 10.3. The highest BCUT2D eigenvalue weighted by Gasteiger charge is 2.10. The molecule has 0 fully saturated rings. The summed E-state index contributed by atoms with van der Waals surface area (Å²) in [5.74, 6) is -0.996. The Bertz CT molecular complexity index is 383. The Hall–Kier alpha value is -1.57. The van der Waals surface area contributed by atoms with E-state index in [1.54, 1.807) is 24.3 Å². The number of hydrogen-bond acceptors (Lipinski definition) is 3. The van der Waals surface area contributed by atoms with Crippen molar-refractivity contribution in [3.63, 3.8) is 0 Å². The minimum Gasteiger partial charge on any atom is -0.480 e. The second kappa shape index (κ2) is 5.35. The predicted octanol–water partition coefficient (Wildman–Crippen LogP) is 1.58. The van der Waals surface area contributed by atoms with E-state index in [0.29, 0.717) is 10.6 Å². The van der Waals surface area contributed by atoms with E-state index >= 15 is 0 Å². The molecule has 1 aromatic rings. The number of benzene rings is 1. The Morgan fingerprint density at radius 2 is 2.13 bits per heavy atom. The average molecular weight is 225 g/mol. The summed E-state index contributed by atoms with van der Waals surface area (Å²) in [6, 6.07) is 8.03. The van der Waals surface area contributed by atoms with Gasteiger partial charge in [-0.25, -0.2) is 0 Å². The molecule has 0 heterocycles. The van der Waals surface area contributed by atoms with E-state index in [-0.39, 0.29) is 6.54 Å². The van der Waals surface area contributed by atoms with Crippen LogP contribution in [0.1, 0.15) is 11.6 Å². The SMILES string of the molecule is N#CC(NCC(=O)O)c1ccc(Cl)cc1. The molecule has 1 rings (SSSR count). The number of rotatable bonds is 4. The summed E-state index contributed by atoms with van der Waals surface area (Å²) in [6.07, 6.45) is 0. The minimum atomic E-state index is -0.996. The number of halogens is 1. The molecule has 2 N–H and O–H groups in total. The number of nitriles is 1. The smallest absolute Gasteiger partial charge is 0.317 e. The van der Waals surface area contributed by atoms with Crippen molar-refractivity contribution >= 4 is 17.6 Å². The normalized spacial score (nSPS) is 11.7. The van der Waals surface area contributed by atoms with Gasteiger partial charge in [-0.3, -0.25) is 10.1 Å². The van der Waals surface area contributed by atoms with Gasteiger partial charge >= 0.3 is 5.97 Å². The van der Waals surface area contributed by atoms with Crippen LogP contribution < -0.4 is 5.32 Å². The van der Waals surface area contributed by atoms with Gasteiger partial charge in [0.1, 0.15) is 6.04 Å². The van der Waals surface area contributed by atoms with Crippen LogP contribution in [0.2, 0.25) is 5.02 Å². The van der Waals surface area contributed by atoms with Crippen molar-refractivity contribution < 1.29 is 9.90 Å². The number of carboxylic acids is 1. The zero-order valence-electron chi connectivity index (χ0n) is 7.77.